The maximum Gasteiger partial charge on any atom is 0.124 e. The first-order valence-electron chi connectivity index (χ1n) is 7.35. The molecule has 112 valence electrons. The molecule has 0 amide bonds. The molecule has 2 nitrogen and oxygen atoms in total. The zero-order chi connectivity index (χ0) is 15.1. The number of hydrogen-bond donors (Lipinski definition) is 1. The lowest BCUT2D eigenvalue weighted by molar-refractivity contribution is 0.239. The predicted octanol–water partition coefficient (Wildman–Crippen LogP) is 4.46. The molecule has 0 aliphatic rings. The van der Waals surface area contributed by atoms with Gasteiger partial charge in [0, 0.05) is 17.1 Å². The third-order valence-corrected chi connectivity index (χ3v) is 3.41. The van der Waals surface area contributed by atoms with Gasteiger partial charge in [0.2, 0.25) is 0 Å². The summed E-state index contributed by atoms with van der Waals surface area (Å²) >= 11 is 5.88. The van der Waals surface area contributed by atoms with Gasteiger partial charge in [-0.1, -0.05) is 41.9 Å². The summed E-state index contributed by atoms with van der Waals surface area (Å²) in [6, 6.07) is 16.2. The molecule has 0 radical (unpaired) electrons. The van der Waals surface area contributed by atoms with E-state index in [1.54, 1.807) is 0 Å². The molecule has 0 unspecified atom stereocenters. The van der Waals surface area contributed by atoms with Gasteiger partial charge in [0.1, 0.15) is 5.75 Å². The molecular formula is C18H22ClNO. The van der Waals surface area contributed by atoms with Gasteiger partial charge in [-0.3, -0.25) is 0 Å². The number of ether oxygens (including phenoxy) is 1. The molecule has 0 spiro atoms. The number of para-hydroxylation sites is 1. The first-order chi connectivity index (χ1) is 10.1. The van der Waals surface area contributed by atoms with E-state index in [1.807, 2.05) is 44.2 Å². The molecule has 0 bridgehead atoms. The van der Waals surface area contributed by atoms with Gasteiger partial charge in [-0.2, -0.15) is 0 Å². The molecule has 1 N–H and O–H groups in total. The van der Waals surface area contributed by atoms with Crippen molar-refractivity contribution < 1.29 is 4.74 Å². The third-order valence-electron chi connectivity index (χ3n) is 3.15. The maximum absolute atomic E-state index is 5.88. The van der Waals surface area contributed by atoms with Crippen molar-refractivity contribution in [2.75, 3.05) is 6.54 Å². The third kappa shape index (κ3) is 5.41. The molecule has 0 saturated carbocycles. The molecule has 0 aromatic heterocycles. The molecule has 0 aliphatic heterocycles. The standard InChI is InChI=1S/C18H22ClNO/c1-14(2)21-18-6-4-3-5-16(18)13-20-12-11-15-7-9-17(19)10-8-15/h3-10,14,20H,11-13H2,1-2H3. The van der Waals surface area contributed by atoms with Crippen molar-refractivity contribution in [3.63, 3.8) is 0 Å². The number of hydrogen-bond acceptors (Lipinski definition) is 2. The van der Waals surface area contributed by atoms with Gasteiger partial charge < -0.3 is 10.1 Å². The summed E-state index contributed by atoms with van der Waals surface area (Å²) in [5.41, 5.74) is 2.49. The highest BCUT2D eigenvalue weighted by Crippen LogP contribution is 2.19. The Labute approximate surface area is 132 Å². The number of rotatable bonds is 7. The Balaban J connectivity index is 1.82. The van der Waals surface area contributed by atoms with Crippen LogP contribution in [0.25, 0.3) is 0 Å². The van der Waals surface area contributed by atoms with E-state index in [1.165, 1.54) is 11.1 Å². The highest BCUT2D eigenvalue weighted by atomic mass is 35.5. The minimum atomic E-state index is 0.195. The summed E-state index contributed by atoms with van der Waals surface area (Å²) in [5, 5.41) is 4.25. The Kier molecular flexibility index (Phi) is 6.09. The smallest absolute Gasteiger partial charge is 0.124 e. The largest absolute Gasteiger partial charge is 0.491 e. The Morgan fingerprint density at radius 3 is 2.48 bits per heavy atom. The van der Waals surface area contributed by atoms with Crippen LogP contribution in [0.2, 0.25) is 5.02 Å². The van der Waals surface area contributed by atoms with Crippen LogP contribution >= 0.6 is 11.6 Å². The molecule has 2 aromatic carbocycles. The Morgan fingerprint density at radius 2 is 1.76 bits per heavy atom. The Hall–Kier alpha value is -1.51. The van der Waals surface area contributed by atoms with Crippen LogP contribution in [0.5, 0.6) is 5.75 Å². The average Bonchev–Trinajstić information content (AvgIpc) is 2.46. The lowest BCUT2D eigenvalue weighted by atomic mass is 10.1. The summed E-state index contributed by atoms with van der Waals surface area (Å²) < 4.78 is 5.82. The van der Waals surface area contributed by atoms with E-state index >= 15 is 0 Å². The van der Waals surface area contributed by atoms with Crippen LogP contribution in [-0.4, -0.2) is 12.6 Å². The van der Waals surface area contributed by atoms with E-state index in [-0.39, 0.29) is 6.10 Å². The molecule has 2 rings (SSSR count). The van der Waals surface area contributed by atoms with Crippen LogP contribution in [-0.2, 0) is 13.0 Å². The second-order valence-corrected chi connectivity index (χ2v) is 5.76. The summed E-state index contributed by atoms with van der Waals surface area (Å²) in [5.74, 6) is 0.964. The van der Waals surface area contributed by atoms with Crippen molar-refractivity contribution in [1.82, 2.24) is 5.32 Å². The molecule has 21 heavy (non-hydrogen) atoms. The van der Waals surface area contributed by atoms with E-state index in [2.05, 4.69) is 23.5 Å². The van der Waals surface area contributed by atoms with Crippen LogP contribution in [0.4, 0.5) is 0 Å². The molecule has 0 heterocycles. The van der Waals surface area contributed by atoms with Crippen molar-refractivity contribution in [3.8, 4) is 5.75 Å². The van der Waals surface area contributed by atoms with Crippen molar-refractivity contribution in [2.45, 2.75) is 32.9 Å². The highest BCUT2D eigenvalue weighted by molar-refractivity contribution is 6.30. The van der Waals surface area contributed by atoms with Gasteiger partial charge in [-0.05, 0) is 50.6 Å². The summed E-state index contributed by atoms with van der Waals surface area (Å²) in [4.78, 5) is 0. The van der Waals surface area contributed by atoms with E-state index in [4.69, 9.17) is 16.3 Å². The second-order valence-electron chi connectivity index (χ2n) is 5.33. The first kappa shape index (κ1) is 15.9. The molecule has 2 aromatic rings. The Bertz CT molecular complexity index is 551. The predicted molar refractivity (Wildman–Crippen MR) is 89.1 cm³/mol. The number of benzene rings is 2. The molecule has 0 aliphatic carbocycles. The fourth-order valence-electron chi connectivity index (χ4n) is 2.13. The zero-order valence-corrected chi connectivity index (χ0v) is 13.4. The fraction of sp³-hybridized carbons (Fsp3) is 0.333. The van der Waals surface area contributed by atoms with Gasteiger partial charge in [-0.25, -0.2) is 0 Å². The topological polar surface area (TPSA) is 21.3 Å². The van der Waals surface area contributed by atoms with E-state index in [9.17, 15) is 0 Å². The van der Waals surface area contributed by atoms with E-state index < -0.39 is 0 Å². The normalized spacial score (nSPS) is 10.9. The van der Waals surface area contributed by atoms with Crippen molar-refractivity contribution in [3.05, 3.63) is 64.7 Å². The zero-order valence-electron chi connectivity index (χ0n) is 12.6. The van der Waals surface area contributed by atoms with E-state index in [0.29, 0.717) is 0 Å². The quantitative estimate of drug-likeness (QED) is 0.763. The van der Waals surface area contributed by atoms with E-state index in [0.717, 1.165) is 30.3 Å². The average molecular weight is 304 g/mol. The lowest BCUT2D eigenvalue weighted by Gasteiger charge is -2.14. The van der Waals surface area contributed by atoms with Crippen LogP contribution in [0, 0.1) is 0 Å². The fourth-order valence-corrected chi connectivity index (χ4v) is 2.25. The molecule has 0 fully saturated rings. The summed E-state index contributed by atoms with van der Waals surface area (Å²) in [7, 11) is 0. The highest BCUT2D eigenvalue weighted by Gasteiger charge is 2.04. The number of nitrogens with one attached hydrogen (secondary N) is 1. The van der Waals surface area contributed by atoms with Crippen molar-refractivity contribution in [1.29, 1.82) is 0 Å². The van der Waals surface area contributed by atoms with Crippen LogP contribution < -0.4 is 10.1 Å². The van der Waals surface area contributed by atoms with Crippen LogP contribution in [0.15, 0.2) is 48.5 Å². The SMILES string of the molecule is CC(C)Oc1ccccc1CNCCc1ccc(Cl)cc1. The van der Waals surface area contributed by atoms with Gasteiger partial charge in [-0.15, -0.1) is 0 Å². The minimum Gasteiger partial charge on any atom is -0.491 e. The van der Waals surface area contributed by atoms with Gasteiger partial charge in [0.05, 0.1) is 6.10 Å². The van der Waals surface area contributed by atoms with Crippen LogP contribution in [0.1, 0.15) is 25.0 Å². The number of halogens is 1. The minimum absolute atomic E-state index is 0.195. The monoisotopic (exact) mass is 303 g/mol. The molecule has 0 saturated heterocycles. The molecular weight excluding hydrogens is 282 g/mol. The first-order valence-corrected chi connectivity index (χ1v) is 7.72. The molecule has 0 atom stereocenters. The van der Waals surface area contributed by atoms with Crippen LogP contribution in [0.3, 0.4) is 0 Å². The maximum atomic E-state index is 5.88. The van der Waals surface area contributed by atoms with Gasteiger partial charge >= 0.3 is 0 Å². The van der Waals surface area contributed by atoms with Gasteiger partial charge in [0.15, 0.2) is 0 Å². The van der Waals surface area contributed by atoms with Crippen molar-refractivity contribution >= 4 is 11.6 Å². The second kappa shape index (κ2) is 8.06. The Morgan fingerprint density at radius 1 is 1.05 bits per heavy atom. The lowest BCUT2D eigenvalue weighted by Crippen LogP contribution is -2.18. The summed E-state index contributed by atoms with van der Waals surface area (Å²) in [6.07, 6.45) is 1.19. The summed E-state index contributed by atoms with van der Waals surface area (Å²) in [6.45, 7) is 5.84. The molecule has 3 heteroatoms. The van der Waals surface area contributed by atoms with Gasteiger partial charge in [0.25, 0.3) is 0 Å². The van der Waals surface area contributed by atoms with Crippen molar-refractivity contribution in [2.24, 2.45) is 0 Å².